The Kier molecular flexibility index (Phi) is 14.2. The lowest BCUT2D eigenvalue weighted by atomic mass is 9.91. The maximum atomic E-state index is 4.27. The molecule has 0 spiro atoms. The van der Waals surface area contributed by atoms with Crippen LogP contribution in [-0.2, 0) is 0 Å². The molecule has 0 nitrogen and oxygen atoms in total. The van der Waals surface area contributed by atoms with Crippen LogP contribution in [-0.4, -0.2) is 0 Å². The van der Waals surface area contributed by atoms with Gasteiger partial charge in [0.25, 0.3) is 0 Å². The molecular weight excluding hydrogens is 420 g/mol. The zero-order chi connectivity index (χ0) is 26.1. The van der Waals surface area contributed by atoms with Gasteiger partial charge in [0.15, 0.2) is 0 Å². The molecule has 0 radical (unpaired) electrons. The third-order valence-corrected chi connectivity index (χ3v) is 5.21. The van der Waals surface area contributed by atoms with Crippen LogP contribution in [0, 0.1) is 0 Å². The third-order valence-electron chi connectivity index (χ3n) is 5.21. The van der Waals surface area contributed by atoms with Crippen LogP contribution in [0.15, 0.2) is 122 Å². The van der Waals surface area contributed by atoms with Crippen LogP contribution in [0.25, 0.3) is 33.4 Å². The van der Waals surface area contributed by atoms with E-state index in [9.17, 15) is 0 Å². The molecule has 0 fully saturated rings. The van der Waals surface area contributed by atoms with Crippen LogP contribution in [0.5, 0.6) is 0 Å². The van der Waals surface area contributed by atoms with Crippen LogP contribution in [0.4, 0.5) is 0 Å². The molecule has 3 aromatic carbocycles. The Hall–Kier alpha value is -3.64. The molecule has 3 aromatic rings. The highest BCUT2D eigenvalue weighted by Gasteiger charge is 2.09. The fourth-order valence-corrected chi connectivity index (χ4v) is 3.58. The van der Waals surface area contributed by atoms with Crippen molar-refractivity contribution in [3.05, 3.63) is 134 Å². The topological polar surface area (TPSA) is 0 Å². The second-order valence-electron chi connectivity index (χ2n) is 7.41. The number of hydrogen-bond donors (Lipinski definition) is 0. The van der Waals surface area contributed by atoms with Gasteiger partial charge in [0, 0.05) is 0 Å². The van der Waals surface area contributed by atoms with Crippen molar-refractivity contribution >= 4 is 11.1 Å². The lowest BCUT2D eigenvalue weighted by Crippen LogP contribution is -1.89. The summed E-state index contributed by atoms with van der Waals surface area (Å²) < 4.78 is 0. The van der Waals surface area contributed by atoms with Gasteiger partial charge < -0.3 is 0 Å². The molecule has 0 unspecified atom stereocenters. The number of rotatable bonds is 8. The lowest BCUT2D eigenvalue weighted by Gasteiger charge is -2.13. The molecule has 0 aliphatic heterocycles. The third kappa shape index (κ3) is 8.58. The average Bonchev–Trinajstić information content (AvgIpc) is 2.94. The minimum absolute atomic E-state index is 1.00. The first-order valence-corrected chi connectivity index (χ1v) is 12.8. The Labute approximate surface area is 214 Å². The molecule has 0 atom stereocenters. The van der Waals surface area contributed by atoms with Crippen molar-refractivity contribution in [2.75, 3.05) is 0 Å². The van der Waals surface area contributed by atoms with Crippen molar-refractivity contribution in [2.24, 2.45) is 0 Å². The van der Waals surface area contributed by atoms with Gasteiger partial charge in [-0.05, 0) is 57.9 Å². The molecule has 0 aromatic heterocycles. The number of hydrogen-bond acceptors (Lipinski definition) is 0. The summed E-state index contributed by atoms with van der Waals surface area (Å²) in [5.74, 6) is 0. The van der Waals surface area contributed by atoms with E-state index in [-0.39, 0.29) is 0 Å². The molecule has 0 saturated heterocycles. The van der Waals surface area contributed by atoms with Gasteiger partial charge in [-0.15, -0.1) is 0 Å². The van der Waals surface area contributed by atoms with Gasteiger partial charge in [0.1, 0.15) is 0 Å². The van der Waals surface area contributed by atoms with Crippen molar-refractivity contribution in [1.29, 1.82) is 0 Å². The van der Waals surface area contributed by atoms with Gasteiger partial charge in [-0.2, -0.15) is 0 Å². The summed E-state index contributed by atoms with van der Waals surface area (Å²) in [5.41, 5.74) is 9.12. The SMILES string of the molecule is C=C(/C=C\C=C/C)c1ccccc1-c1ccc(-c2ccccc2C(=C)/C=C\CC)cc1.CC.CC. The summed E-state index contributed by atoms with van der Waals surface area (Å²) in [6, 6.07) is 25.7. The molecule has 35 heavy (non-hydrogen) atoms. The van der Waals surface area contributed by atoms with E-state index in [4.69, 9.17) is 0 Å². The van der Waals surface area contributed by atoms with Gasteiger partial charge in [0.05, 0.1) is 0 Å². The Morgan fingerprint density at radius 1 is 0.629 bits per heavy atom. The van der Waals surface area contributed by atoms with Crippen molar-refractivity contribution in [3.63, 3.8) is 0 Å². The van der Waals surface area contributed by atoms with E-state index in [0.29, 0.717) is 0 Å². The van der Waals surface area contributed by atoms with E-state index in [0.717, 1.165) is 23.1 Å². The first kappa shape index (κ1) is 29.4. The lowest BCUT2D eigenvalue weighted by molar-refractivity contribution is 1.23. The van der Waals surface area contributed by atoms with Crippen LogP contribution in [0.3, 0.4) is 0 Å². The maximum Gasteiger partial charge on any atom is -0.0106 e. The predicted octanol–water partition coefficient (Wildman–Crippen LogP) is 11.2. The molecule has 0 saturated carbocycles. The van der Waals surface area contributed by atoms with E-state index in [2.05, 4.69) is 111 Å². The zero-order valence-electron chi connectivity index (χ0n) is 22.5. The summed E-state index contributed by atoms with van der Waals surface area (Å²) in [6.07, 6.45) is 13.4. The van der Waals surface area contributed by atoms with Gasteiger partial charge in [0.2, 0.25) is 0 Å². The minimum Gasteiger partial charge on any atom is -0.0911 e. The molecule has 182 valence electrons. The summed E-state index contributed by atoms with van der Waals surface area (Å²) in [5, 5.41) is 0. The van der Waals surface area contributed by atoms with Crippen LogP contribution in [0.2, 0.25) is 0 Å². The first-order chi connectivity index (χ1) is 17.2. The van der Waals surface area contributed by atoms with Crippen LogP contribution < -0.4 is 0 Å². The summed E-state index contributed by atoms with van der Waals surface area (Å²) in [4.78, 5) is 0. The van der Waals surface area contributed by atoms with Gasteiger partial charge in [-0.25, -0.2) is 0 Å². The van der Waals surface area contributed by atoms with E-state index in [1.165, 1.54) is 27.8 Å². The van der Waals surface area contributed by atoms with Crippen molar-refractivity contribution < 1.29 is 0 Å². The van der Waals surface area contributed by atoms with E-state index in [1.807, 2.05) is 52.8 Å². The van der Waals surface area contributed by atoms with Crippen molar-refractivity contribution in [2.45, 2.75) is 48.0 Å². The highest BCUT2D eigenvalue weighted by Crippen LogP contribution is 2.33. The van der Waals surface area contributed by atoms with Crippen molar-refractivity contribution in [1.82, 2.24) is 0 Å². The zero-order valence-corrected chi connectivity index (χ0v) is 22.5. The average molecular weight is 463 g/mol. The Bertz CT molecular complexity index is 1130. The van der Waals surface area contributed by atoms with Gasteiger partial charge >= 0.3 is 0 Å². The number of benzene rings is 3. The monoisotopic (exact) mass is 462 g/mol. The molecule has 0 amide bonds. The van der Waals surface area contributed by atoms with Gasteiger partial charge in [-0.3, -0.25) is 0 Å². The van der Waals surface area contributed by atoms with E-state index < -0.39 is 0 Å². The quantitative estimate of drug-likeness (QED) is 0.292. The molecule has 0 heteroatoms. The van der Waals surface area contributed by atoms with Gasteiger partial charge in [-0.1, -0.05) is 157 Å². The summed E-state index contributed by atoms with van der Waals surface area (Å²) in [7, 11) is 0. The van der Waals surface area contributed by atoms with Crippen molar-refractivity contribution in [3.8, 4) is 22.3 Å². The van der Waals surface area contributed by atoms with Crippen LogP contribution >= 0.6 is 0 Å². The highest BCUT2D eigenvalue weighted by molar-refractivity contribution is 5.87. The normalized spacial score (nSPS) is 10.6. The second kappa shape index (κ2) is 16.9. The first-order valence-electron chi connectivity index (χ1n) is 12.8. The molecule has 0 heterocycles. The Morgan fingerprint density at radius 2 is 1.06 bits per heavy atom. The standard InChI is InChI=1S/C31H30.2C2H6/c1-5-7-9-15-25(4)29-17-11-13-19-31(29)27-22-20-26(21-23-27)30-18-12-10-16-28(30)24(3)14-8-6-2;2*1-2/h5,7-23H,3-4,6H2,1-2H3;2*1-2H3/b7-5-,14-8-,15-9-;;. The largest absolute Gasteiger partial charge is 0.0911 e. The molecule has 0 bridgehead atoms. The molecule has 0 N–H and O–H groups in total. The molecular formula is C35H42. The fourth-order valence-electron chi connectivity index (χ4n) is 3.58. The molecule has 0 aliphatic carbocycles. The fraction of sp³-hybridized carbons (Fsp3) is 0.200. The van der Waals surface area contributed by atoms with E-state index >= 15 is 0 Å². The summed E-state index contributed by atoms with van der Waals surface area (Å²) in [6.45, 7) is 20.7. The van der Waals surface area contributed by atoms with Crippen LogP contribution in [0.1, 0.15) is 59.1 Å². The summed E-state index contributed by atoms with van der Waals surface area (Å²) >= 11 is 0. The maximum absolute atomic E-state index is 4.27. The minimum atomic E-state index is 1.00. The predicted molar refractivity (Wildman–Crippen MR) is 161 cm³/mol. The second-order valence-corrected chi connectivity index (χ2v) is 7.41. The highest BCUT2D eigenvalue weighted by atomic mass is 14.1. The number of allylic oxidation sites excluding steroid dienone is 8. The smallest absolute Gasteiger partial charge is 0.0106 e. The Morgan fingerprint density at radius 3 is 1.49 bits per heavy atom. The van der Waals surface area contributed by atoms with E-state index in [1.54, 1.807) is 0 Å². The Balaban J connectivity index is 0.00000145. The molecule has 3 rings (SSSR count). The molecule has 0 aliphatic rings.